The summed E-state index contributed by atoms with van der Waals surface area (Å²) in [5.74, 6) is 0.167. The van der Waals surface area contributed by atoms with Gasteiger partial charge in [-0.1, -0.05) is 0 Å². The number of hydrogen-bond donors (Lipinski definition) is 2. The number of fused-ring (bicyclic) bond motifs is 1. The first-order chi connectivity index (χ1) is 8.95. The van der Waals surface area contributed by atoms with E-state index in [0.29, 0.717) is 17.2 Å². The molecule has 1 aromatic rings. The molecule has 0 spiro atoms. The molecule has 1 aliphatic heterocycles. The zero-order chi connectivity index (χ0) is 13.6. The molecule has 102 valence electrons. The summed E-state index contributed by atoms with van der Waals surface area (Å²) in [5, 5.41) is 5.75. The monoisotopic (exact) mass is 270 g/mol. The molecule has 2 N–H and O–H groups in total. The Hall–Kier alpha value is -1.72. The third-order valence-corrected chi connectivity index (χ3v) is 3.57. The van der Waals surface area contributed by atoms with Gasteiger partial charge in [0.2, 0.25) is 5.91 Å². The van der Waals surface area contributed by atoms with Crippen molar-refractivity contribution < 1.29 is 18.0 Å². The molecule has 1 aliphatic carbocycles. The Balaban J connectivity index is 1.92. The van der Waals surface area contributed by atoms with Crippen molar-refractivity contribution in [1.82, 2.24) is 5.32 Å². The van der Waals surface area contributed by atoms with Crippen LogP contribution in [0.1, 0.15) is 24.0 Å². The number of carbonyl (C=O) groups excluding carboxylic acids is 1. The average Bonchev–Trinajstić information content (AvgIpc) is 3.15. The molecule has 0 bridgehead atoms. The fraction of sp³-hybridized carbons (Fsp3) is 0.462. The zero-order valence-electron chi connectivity index (χ0n) is 10.1. The predicted octanol–water partition coefficient (Wildman–Crippen LogP) is 2.53. The van der Waals surface area contributed by atoms with Gasteiger partial charge in [-0.05, 0) is 42.5 Å². The molecule has 0 aromatic heterocycles. The zero-order valence-corrected chi connectivity index (χ0v) is 10.1. The summed E-state index contributed by atoms with van der Waals surface area (Å²) in [5.41, 5.74) is 0.404. The Morgan fingerprint density at radius 2 is 1.95 bits per heavy atom. The van der Waals surface area contributed by atoms with Crippen LogP contribution in [0.15, 0.2) is 18.2 Å². The third kappa shape index (κ3) is 2.39. The van der Waals surface area contributed by atoms with Crippen LogP contribution in [0.2, 0.25) is 0 Å². The minimum atomic E-state index is -4.36. The van der Waals surface area contributed by atoms with Crippen molar-refractivity contribution >= 4 is 11.6 Å². The second-order valence-corrected chi connectivity index (χ2v) is 5.05. The van der Waals surface area contributed by atoms with E-state index in [-0.39, 0.29) is 18.5 Å². The molecule has 1 unspecified atom stereocenters. The standard InChI is InChI=1S/C13H13F3N2O/c14-13(15,16)9-3-4-10-8(5-9)6-17-12(19)11(18-10)7-1-2-7/h3-5,7,11,18H,1-2,6H2,(H,17,19). The number of amides is 1. The Morgan fingerprint density at radius 3 is 2.58 bits per heavy atom. The number of carbonyl (C=O) groups is 1. The minimum absolute atomic E-state index is 0.132. The second kappa shape index (κ2) is 4.15. The van der Waals surface area contributed by atoms with Crippen LogP contribution in [-0.4, -0.2) is 11.9 Å². The van der Waals surface area contributed by atoms with Gasteiger partial charge in [-0.2, -0.15) is 13.2 Å². The summed E-state index contributed by atoms with van der Waals surface area (Å²) in [6, 6.07) is 3.23. The molecule has 19 heavy (non-hydrogen) atoms. The molecule has 6 heteroatoms. The van der Waals surface area contributed by atoms with Gasteiger partial charge in [-0.25, -0.2) is 0 Å². The average molecular weight is 270 g/mol. The fourth-order valence-electron chi connectivity index (χ4n) is 2.34. The molecule has 1 saturated carbocycles. The number of rotatable bonds is 1. The lowest BCUT2D eigenvalue weighted by molar-refractivity contribution is -0.137. The van der Waals surface area contributed by atoms with E-state index in [2.05, 4.69) is 10.6 Å². The number of alkyl halides is 3. The van der Waals surface area contributed by atoms with Crippen molar-refractivity contribution in [3.8, 4) is 0 Å². The Morgan fingerprint density at radius 1 is 1.21 bits per heavy atom. The molecular formula is C13H13F3N2O. The molecule has 1 amide bonds. The predicted molar refractivity (Wildman–Crippen MR) is 63.4 cm³/mol. The lowest BCUT2D eigenvalue weighted by atomic mass is 10.1. The maximum absolute atomic E-state index is 12.6. The van der Waals surface area contributed by atoms with Crippen molar-refractivity contribution in [3.63, 3.8) is 0 Å². The maximum Gasteiger partial charge on any atom is 0.416 e. The van der Waals surface area contributed by atoms with E-state index in [1.54, 1.807) is 0 Å². The van der Waals surface area contributed by atoms with Crippen LogP contribution < -0.4 is 10.6 Å². The van der Waals surface area contributed by atoms with Crippen molar-refractivity contribution in [3.05, 3.63) is 29.3 Å². The molecular weight excluding hydrogens is 257 g/mol. The third-order valence-electron chi connectivity index (χ3n) is 3.57. The van der Waals surface area contributed by atoms with Gasteiger partial charge in [0.05, 0.1) is 5.56 Å². The van der Waals surface area contributed by atoms with E-state index in [1.165, 1.54) is 6.07 Å². The highest BCUT2D eigenvalue weighted by Crippen LogP contribution is 2.37. The number of anilines is 1. The Kier molecular flexibility index (Phi) is 2.69. The van der Waals surface area contributed by atoms with Crippen LogP contribution in [0.25, 0.3) is 0 Å². The Labute approximate surface area is 108 Å². The molecule has 1 heterocycles. The maximum atomic E-state index is 12.6. The molecule has 1 fully saturated rings. The van der Waals surface area contributed by atoms with E-state index in [4.69, 9.17) is 0 Å². The van der Waals surface area contributed by atoms with Crippen LogP contribution in [0.4, 0.5) is 18.9 Å². The SMILES string of the molecule is O=C1NCc2cc(C(F)(F)F)ccc2NC1C1CC1. The van der Waals surface area contributed by atoms with E-state index >= 15 is 0 Å². The Bertz CT molecular complexity index is 523. The number of nitrogens with one attached hydrogen (secondary N) is 2. The first-order valence-corrected chi connectivity index (χ1v) is 6.19. The van der Waals surface area contributed by atoms with Crippen molar-refractivity contribution in [2.75, 3.05) is 5.32 Å². The minimum Gasteiger partial charge on any atom is -0.373 e. The highest BCUT2D eigenvalue weighted by molar-refractivity contribution is 5.87. The van der Waals surface area contributed by atoms with Gasteiger partial charge in [0.1, 0.15) is 6.04 Å². The summed E-state index contributed by atoms with van der Waals surface area (Å²) in [6.07, 6.45) is -2.39. The quantitative estimate of drug-likeness (QED) is 0.823. The largest absolute Gasteiger partial charge is 0.416 e. The van der Waals surface area contributed by atoms with Crippen LogP contribution in [0.5, 0.6) is 0 Å². The summed E-state index contributed by atoms with van der Waals surface area (Å²) in [7, 11) is 0. The van der Waals surface area contributed by atoms with Gasteiger partial charge in [0, 0.05) is 12.2 Å². The first-order valence-electron chi connectivity index (χ1n) is 6.19. The van der Waals surface area contributed by atoms with Crippen molar-refractivity contribution in [2.45, 2.75) is 31.6 Å². The molecule has 3 nitrogen and oxygen atoms in total. The van der Waals surface area contributed by atoms with Crippen molar-refractivity contribution in [2.24, 2.45) is 5.92 Å². The molecule has 1 aromatic carbocycles. The molecule has 0 saturated heterocycles. The lowest BCUT2D eigenvalue weighted by Gasteiger charge is -2.16. The van der Waals surface area contributed by atoms with Gasteiger partial charge in [0.25, 0.3) is 0 Å². The van der Waals surface area contributed by atoms with Crippen molar-refractivity contribution in [1.29, 1.82) is 0 Å². The first kappa shape index (κ1) is 12.3. The number of hydrogen-bond acceptors (Lipinski definition) is 2. The van der Waals surface area contributed by atoms with E-state index < -0.39 is 11.7 Å². The number of halogens is 3. The van der Waals surface area contributed by atoms with Crippen LogP contribution >= 0.6 is 0 Å². The van der Waals surface area contributed by atoms with Crippen LogP contribution in [-0.2, 0) is 17.5 Å². The van der Waals surface area contributed by atoms with Gasteiger partial charge in [-0.3, -0.25) is 4.79 Å². The van der Waals surface area contributed by atoms with E-state index in [0.717, 1.165) is 25.0 Å². The van der Waals surface area contributed by atoms with Gasteiger partial charge in [-0.15, -0.1) is 0 Å². The second-order valence-electron chi connectivity index (χ2n) is 5.05. The molecule has 3 rings (SSSR count). The molecule has 2 aliphatic rings. The molecule has 1 atom stereocenters. The summed E-state index contributed by atoms with van der Waals surface area (Å²) in [6.45, 7) is 0.133. The summed E-state index contributed by atoms with van der Waals surface area (Å²) in [4.78, 5) is 11.9. The summed E-state index contributed by atoms with van der Waals surface area (Å²) >= 11 is 0. The van der Waals surface area contributed by atoms with Crippen LogP contribution in [0.3, 0.4) is 0 Å². The van der Waals surface area contributed by atoms with E-state index in [1.807, 2.05) is 0 Å². The topological polar surface area (TPSA) is 41.1 Å². The molecule has 0 radical (unpaired) electrons. The smallest absolute Gasteiger partial charge is 0.373 e. The number of benzene rings is 1. The normalized spacial score (nSPS) is 23.1. The van der Waals surface area contributed by atoms with Gasteiger partial charge >= 0.3 is 6.18 Å². The van der Waals surface area contributed by atoms with Gasteiger partial charge < -0.3 is 10.6 Å². The fourth-order valence-corrected chi connectivity index (χ4v) is 2.34. The van der Waals surface area contributed by atoms with E-state index in [9.17, 15) is 18.0 Å². The lowest BCUT2D eigenvalue weighted by Crippen LogP contribution is -2.38. The highest BCUT2D eigenvalue weighted by Gasteiger charge is 2.38. The van der Waals surface area contributed by atoms with Gasteiger partial charge in [0.15, 0.2) is 0 Å². The summed E-state index contributed by atoms with van der Waals surface area (Å²) < 4.78 is 37.9. The van der Waals surface area contributed by atoms with Crippen LogP contribution in [0, 0.1) is 5.92 Å². The highest BCUT2D eigenvalue weighted by atomic mass is 19.4.